The summed E-state index contributed by atoms with van der Waals surface area (Å²) in [6.07, 6.45) is -2.27. The summed E-state index contributed by atoms with van der Waals surface area (Å²) in [6, 6.07) is 9.49. The van der Waals surface area contributed by atoms with Gasteiger partial charge in [-0.3, -0.25) is 0 Å². The van der Waals surface area contributed by atoms with E-state index in [2.05, 4.69) is 0 Å². The molecule has 1 atom stereocenters. The number of benzene rings is 1. The fourth-order valence-electron chi connectivity index (χ4n) is 0.988. The number of aliphatic hydroxyl groups excluding tert-OH is 1. The van der Waals surface area contributed by atoms with Crippen LogP contribution in [0, 0.1) is 0 Å². The van der Waals surface area contributed by atoms with Gasteiger partial charge >= 0.3 is 0 Å². The second kappa shape index (κ2) is 5.98. The Morgan fingerprint density at radius 3 is 2.36 bits per heavy atom. The van der Waals surface area contributed by atoms with Crippen LogP contribution in [0.3, 0.4) is 0 Å². The molecule has 3 nitrogen and oxygen atoms in total. The molecule has 0 radical (unpaired) electrons. The lowest BCUT2D eigenvalue weighted by atomic mass is 10.2. The predicted octanol–water partition coefficient (Wildman–Crippen LogP) is 1.12. The summed E-state index contributed by atoms with van der Waals surface area (Å²) in [7, 11) is 0. The van der Waals surface area contributed by atoms with E-state index in [9.17, 15) is 0 Å². The maximum atomic E-state index is 8.84. The fourth-order valence-corrected chi connectivity index (χ4v) is 1.24. The number of aliphatic hydroxyl groups is 2. The first-order valence-corrected chi connectivity index (χ1v) is 4.85. The van der Waals surface area contributed by atoms with Crippen molar-refractivity contribution in [3.05, 3.63) is 35.9 Å². The number of hydrogen-bond donors (Lipinski definition) is 2. The van der Waals surface area contributed by atoms with Crippen LogP contribution in [-0.4, -0.2) is 28.5 Å². The highest BCUT2D eigenvalue weighted by Gasteiger charge is 2.15. The SMILES string of the molecule is OC(O)C(CCl)OCc1ccccc1. The molecule has 0 aliphatic rings. The third-order valence-electron chi connectivity index (χ3n) is 1.79. The number of halogens is 1. The van der Waals surface area contributed by atoms with E-state index in [0.717, 1.165) is 5.56 Å². The Bertz CT molecular complexity index is 251. The molecule has 1 aromatic carbocycles. The summed E-state index contributed by atoms with van der Waals surface area (Å²) in [5.74, 6) is 0.0600. The Balaban J connectivity index is 2.40. The van der Waals surface area contributed by atoms with Gasteiger partial charge in [0, 0.05) is 0 Å². The van der Waals surface area contributed by atoms with E-state index in [1.54, 1.807) is 0 Å². The maximum Gasteiger partial charge on any atom is 0.179 e. The highest BCUT2D eigenvalue weighted by atomic mass is 35.5. The van der Waals surface area contributed by atoms with Crippen LogP contribution in [0.5, 0.6) is 0 Å². The van der Waals surface area contributed by atoms with E-state index in [1.807, 2.05) is 30.3 Å². The van der Waals surface area contributed by atoms with Gasteiger partial charge < -0.3 is 14.9 Å². The van der Waals surface area contributed by atoms with Gasteiger partial charge in [-0.05, 0) is 5.56 Å². The van der Waals surface area contributed by atoms with E-state index >= 15 is 0 Å². The maximum absolute atomic E-state index is 8.84. The zero-order chi connectivity index (χ0) is 10.4. The zero-order valence-electron chi connectivity index (χ0n) is 7.64. The van der Waals surface area contributed by atoms with Crippen LogP contribution in [0.15, 0.2) is 30.3 Å². The van der Waals surface area contributed by atoms with E-state index < -0.39 is 12.4 Å². The summed E-state index contributed by atoms with van der Waals surface area (Å²) in [6.45, 7) is 0.329. The van der Waals surface area contributed by atoms with Crippen molar-refractivity contribution in [1.82, 2.24) is 0 Å². The van der Waals surface area contributed by atoms with Crippen molar-refractivity contribution < 1.29 is 14.9 Å². The molecule has 4 heteroatoms. The molecule has 0 fully saturated rings. The minimum Gasteiger partial charge on any atom is -0.367 e. The van der Waals surface area contributed by atoms with Crippen molar-refractivity contribution in [2.24, 2.45) is 0 Å². The number of rotatable bonds is 5. The lowest BCUT2D eigenvalue weighted by Crippen LogP contribution is -2.30. The highest BCUT2D eigenvalue weighted by Crippen LogP contribution is 2.06. The first-order valence-electron chi connectivity index (χ1n) is 4.31. The fraction of sp³-hybridized carbons (Fsp3) is 0.400. The third kappa shape index (κ3) is 3.64. The second-order valence-corrected chi connectivity index (χ2v) is 3.21. The minimum absolute atomic E-state index is 0.0600. The highest BCUT2D eigenvalue weighted by molar-refractivity contribution is 6.18. The molecule has 2 N–H and O–H groups in total. The minimum atomic E-state index is -1.53. The van der Waals surface area contributed by atoms with Crippen LogP contribution in [0.1, 0.15) is 5.56 Å². The lowest BCUT2D eigenvalue weighted by Gasteiger charge is -2.16. The average molecular weight is 217 g/mol. The first kappa shape index (κ1) is 11.5. The Morgan fingerprint density at radius 1 is 1.21 bits per heavy atom. The Kier molecular flexibility index (Phi) is 4.90. The summed E-state index contributed by atoms with van der Waals surface area (Å²) >= 11 is 5.48. The number of ether oxygens (including phenoxy) is 1. The van der Waals surface area contributed by atoms with Crippen molar-refractivity contribution in [2.75, 3.05) is 5.88 Å². The quantitative estimate of drug-likeness (QED) is 0.573. The molecule has 1 aromatic rings. The molecule has 0 bridgehead atoms. The van der Waals surface area contributed by atoms with Gasteiger partial charge in [-0.2, -0.15) is 0 Å². The van der Waals surface area contributed by atoms with E-state index in [4.69, 9.17) is 26.6 Å². The standard InChI is InChI=1S/C10H13ClO3/c11-6-9(10(12)13)14-7-8-4-2-1-3-5-8/h1-5,9-10,12-13H,6-7H2. The topological polar surface area (TPSA) is 49.7 Å². The zero-order valence-corrected chi connectivity index (χ0v) is 8.39. The molecule has 0 amide bonds. The normalized spacial score (nSPS) is 13.1. The van der Waals surface area contributed by atoms with Gasteiger partial charge in [-0.25, -0.2) is 0 Å². The summed E-state index contributed by atoms with van der Waals surface area (Å²) in [5, 5.41) is 17.7. The molecule has 0 aliphatic carbocycles. The van der Waals surface area contributed by atoms with E-state index in [-0.39, 0.29) is 5.88 Å². The van der Waals surface area contributed by atoms with Gasteiger partial charge in [-0.15, -0.1) is 11.6 Å². The predicted molar refractivity (Wildman–Crippen MR) is 54.0 cm³/mol. The summed E-state index contributed by atoms with van der Waals surface area (Å²) < 4.78 is 5.21. The van der Waals surface area contributed by atoms with Gasteiger partial charge in [0.15, 0.2) is 6.29 Å². The van der Waals surface area contributed by atoms with Crippen molar-refractivity contribution >= 4 is 11.6 Å². The molecule has 0 aromatic heterocycles. The molecule has 0 saturated carbocycles. The van der Waals surface area contributed by atoms with Gasteiger partial charge in [0.25, 0.3) is 0 Å². The molecule has 1 rings (SSSR count). The van der Waals surface area contributed by atoms with E-state index in [1.165, 1.54) is 0 Å². The number of hydrogen-bond acceptors (Lipinski definition) is 3. The molecule has 78 valence electrons. The summed E-state index contributed by atoms with van der Waals surface area (Å²) in [4.78, 5) is 0. The molecule has 0 heterocycles. The monoisotopic (exact) mass is 216 g/mol. The Morgan fingerprint density at radius 2 is 1.86 bits per heavy atom. The van der Waals surface area contributed by atoms with Gasteiger partial charge in [0.2, 0.25) is 0 Å². The van der Waals surface area contributed by atoms with Crippen LogP contribution in [-0.2, 0) is 11.3 Å². The van der Waals surface area contributed by atoms with Gasteiger partial charge in [0.05, 0.1) is 12.5 Å². The van der Waals surface area contributed by atoms with Gasteiger partial charge in [-0.1, -0.05) is 30.3 Å². The molecule has 1 unspecified atom stereocenters. The molecular weight excluding hydrogens is 204 g/mol. The summed E-state index contributed by atoms with van der Waals surface area (Å²) in [5.41, 5.74) is 0.975. The molecule has 0 spiro atoms. The average Bonchev–Trinajstić information content (AvgIpc) is 2.20. The van der Waals surface area contributed by atoms with Crippen molar-refractivity contribution in [3.8, 4) is 0 Å². The smallest absolute Gasteiger partial charge is 0.179 e. The first-order chi connectivity index (χ1) is 6.74. The molecule has 0 aliphatic heterocycles. The Hall–Kier alpha value is -0.610. The number of alkyl halides is 1. The molecular formula is C10H13ClO3. The molecule has 14 heavy (non-hydrogen) atoms. The van der Waals surface area contributed by atoms with Crippen molar-refractivity contribution in [3.63, 3.8) is 0 Å². The third-order valence-corrected chi connectivity index (χ3v) is 2.10. The van der Waals surface area contributed by atoms with Crippen LogP contribution < -0.4 is 0 Å². The van der Waals surface area contributed by atoms with Gasteiger partial charge in [0.1, 0.15) is 6.10 Å². The second-order valence-electron chi connectivity index (χ2n) is 2.90. The van der Waals surface area contributed by atoms with Crippen LogP contribution >= 0.6 is 11.6 Å². The van der Waals surface area contributed by atoms with Crippen LogP contribution in [0.2, 0.25) is 0 Å². The van der Waals surface area contributed by atoms with E-state index in [0.29, 0.717) is 6.61 Å². The largest absolute Gasteiger partial charge is 0.367 e. The van der Waals surface area contributed by atoms with Crippen molar-refractivity contribution in [1.29, 1.82) is 0 Å². The Labute approximate surface area is 87.9 Å². The van der Waals surface area contributed by atoms with Crippen LogP contribution in [0.4, 0.5) is 0 Å². The lowest BCUT2D eigenvalue weighted by molar-refractivity contribution is -0.141. The van der Waals surface area contributed by atoms with Crippen LogP contribution in [0.25, 0.3) is 0 Å². The van der Waals surface area contributed by atoms with Crippen molar-refractivity contribution in [2.45, 2.75) is 19.0 Å². The molecule has 0 saturated heterocycles.